The van der Waals surface area contributed by atoms with Gasteiger partial charge < -0.3 is 19.9 Å². The van der Waals surface area contributed by atoms with Crippen molar-refractivity contribution >= 4 is 12.4 Å². The van der Waals surface area contributed by atoms with Crippen LogP contribution in [0.1, 0.15) is 11.6 Å². The van der Waals surface area contributed by atoms with E-state index >= 15 is 0 Å². The van der Waals surface area contributed by atoms with Crippen molar-refractivity contribution in [2.24, 2.45) is 0 Å². The Bertz CT molecular complexity index is 583. The molecule has 2 rings (SSSR count). The first-order chi connectivity index (χ1) is 11.7. The lowest BCUT2D eigenvalue weighted by molar-refractivity contribution is -0.274. The van der Waals surface area contributed by atoms with Gasteiger partial charge in [-0.1, -0.05) is 0 Å². The van der Waals surface area contributed by atoms with Gasteiger partial charge in [0.15, 0.2) is 0 Å². The number of nitrogens with zero attached hydrogens (tertiary/aromatic N) is 1. The molecule has 2 N–H and O–H groups in total. The summed E-state index contributed by atoms with van der Waals surface area (Å²) in [5, 5.41) is 12.1. The fraction of sp³-hybridized carbons (Fsp3) is 0.600. The molecule has 0 amide bonds. The van der Waals surface area contributed by atoms with E-state index < -0.39 is 30.7 Å². The molecule has 5 nitrogen and oxygen atoms in total. The minimum Gasteiger partial charge on any atom is -0.496 e. The maximum absolute atomic E-state index is 14.4. The summed E-state index contributed by atoms with van der Waals surface area (Å²) >= 11 is 0. The topological polar surface area (TPSA) is 54.0 Å². The Hall–Kier alpha value is -1.36. The van der Waals surface area contributed by atoms with Gasteiger partial charge >= 0.3 is 6.36 Å². The van der Waals surface area contributed by atoms with E-state index in [0.29, 0.717) is 26.2 Å². The van der Waals surface area contributed by atoms with E-state index in [2.05, 4.69) is 10.1 Å². The van der Waals surface area contributed by atoms with Crippen LogP contribution in [0.15, 0.2) is 18.2 Å². The van der Waals surface area contributed by atoms with Crippen LogP contribution in [0.2, 0.25) is 0 Å². The predicted octanol–water partition coefficient (Wildman–Crippen LogP) is 2.59. The maximum atomic E-state index is 14.4. The zero-order valence-corrected chi connectivity index (χ0v) is 14.7. The molecule has 1 aromatic carbocycles. The van der Waals surface area contributed by atoms with Crippen LogP contribution in [0, 0.1) is 0 Å². The molecule has 0 saturated carbocycles. The van der Waals surface area contributed by atoms with Gasteiger partial charge in [-0.3, -0.25) is 4.90 Å². The number of aliphatic hydroxyl groups excluding tert-OH is 1. The highest BCUT2D eigenvalue weighted by molar-refractivity contribution is 5.85. The summed E-state index contributed by atoms with van der Waals surface area (Å²) in [6.07, 6.45) is -4.90. The zero-order chi connectivity index (χ0) is 18.7. The van der Waals surface area contributed by atoms with Crippen molar-refractivity contribution in [1.29, 1.82) is 0 Å². The number of alkyl halides is 5. The maximum Gasteiger partial charge on any atom is 0.573 e. The van der Waals surface area contributed by atoms with Gasteiger partial charge in [-0.05, 0) is 12.1 Å². The molecule has 1 heterocycles. The molecule has 26 heavy (non-hydrogen) atoms. The normalized spacial score (nSPS) is 17.3. The number of hydrogen-bond donors (Lipinski definition) is 2. The molecule has 0 bridgehead atoms. The van der Waals surface area contributed by atoms with Crippen LogP contribution in [0.5, 0.6) is 11.5 Å². The molecule has 1 aliphatic rings. The summed E-state index contributed by atoms with van der Waals surface area (Å²) in [5.74, 6) is -4.24. The average Bonchev–Trinajstić information content (AvgIpc) is 2.55. The second-order valence-electron chi connectivity index (χ2n) is 5.56. The van der Waals surface area contributed by atoms with Crippen molar-refractivity contribution in [3.63, 3.8) is 0 Å². The van der Waals surface area contributed by atoms with Crippen LogP contribution in [0.4, 0.5) is 22.0 Å². The van der Waals surface area contributed by atoms with Crippen LogP contribution >= 0.6 is 12.4 Å². The van der Waals surface area contributed by atoms with Gasteiger partial charge in [-0.15, -0.1) is 25.6 Å². The minimum absolute atomic E-state index is 0. The summed E-state index contributed by atoms with van der Waals surface area (Å²) in [6.45, 7) is 0.158. The fourth-order valence-corrected chi connectivity index (χ4v) is 2.83. The van der Waals surface area contributed by atoms with Crippen LogP contribution in [-0.4, -0.2) is 62.2 Å². The number of ether oxygens (including phenoxy) is 2. The van der Waals surface area contributed by atoms with E-state index in [1.165, 1.54) is 12.0 Å². The Kier molecular flexibility index (Phi) is 7.87. The lowest BCUT2D eigenvalue weighted by Gasteiger charge is -2.39. The molecule has 1 fully saturated rings. The lowest BCUT2D eigenvalue weighted by Crippen LogP contribution is -2.51. The number of hydrogen-bond acceptors (Lipinski definition) is 5. The van der Waals surface area contributed by atoms with Crippen molar-refractivity contribution in [2.45, 2.75) is 18.3 Å². The standard InChI is InChI=1S/C15H19F5N2O3.ClH/c1-24-12-8-10(25-15(18,19)20)2-3-11(12)13(14(16,17)9-23)22-6-4-21-5-7-22;/h2-3,8,13,21,23H,4-7,9H2,1H3;1H/t13-;/m1./s1. The van der Waals surface area contributed by atoms with Gasteiger partial charge in [0.1, 0.15) is 24.1 Å². The molecule has 1 aromatic rings. The van der Waals surface area contributed by atoms with Gasteiger partial charge in [0.25, 0.3) is 5.92 Å². The third-order valence-electron chi connectivity index (χ3n) is 3.86. The smallest absolute Gasteiger partial charge is 0.496 e. The van der Waals surface area contributed by atoms with Crippen molar-refractivity contribution in [3.05, 3.63) is 23.8 Å². The van der Waals surface area contributed by atoms with E-state index in [-0.39, 0.29) is 23.7 Å². The summed E-state index contributed by atoms with van der Waals surface area (Å²) in [4.78, 5) is 1.47. The van der Waals surface area contributed by atoms with Gasteiger partial charge in [0.2, 0.25) is 0 Å². The average molecular weight is 407 g/mol. The summed E-state index contributed by atoms with van der Waals surface area (Å²) in [5.41, 5.74) is -0.0158. The van der Waals surface area contributed by atoms with Crippen molar-refractivity contribution in [1.82, 2.24) is 10.2 Å². The van der Waals surface area contributed by atoms with Gasteiger partial charge in [0, 0.05) is 37.8 Å². The molecule has 0 spiro atoms. The molecule has 0 unspecified atom stereocenters. The molecule has 1 atom stereocenters. The number of methoxy groups -OCH3 is 1. The predicted molar refractivity (Wildman–Crippen MR) is 86.1 cm³/mol. The Morgan fingerprint density at radius 3 is 2.31 bits per heavy atom. The van der Waals surface area contributed by atoms with Gasteiger partial charge in [0.05, 0.1) is 7.11 Å². The highest BCUT2D eigenvalue weighted by atomic mass is 35.5. The van der Waals surface area contributed by atoms with Crippen LogP contribution < -0.4 is 14.8 Å². The SMILES string of the molecule is COc1cc(OC(F)(F)F)ccc1[C@@H](N1CCNCC1)C(F)(F)CO.Cl. The summed E-state index contributed by atoms with van der Waals surface area (Å²) in [7, 11) is 1.17. The van der Waals surface area contributed by atoms with Gasteiger partial charge in [-0.2, -0.15) is 0 Å². The molecule has 1 aliphatic heterocycles. The van der Waals surface area contributed by atoms with E-state index in [9.17, 15) is 22.0 Å². The first-order valence-corrected chi connectivity index (χ1v) is 7.55. The quantitative estimate of drug-likeness (QED) is 0.711. The fourth-order valence-electron chi connectivity index (χ4n) is 2.83. The zero-order valence-electron chi connectivity index (χ0n) is 13.9. The van der Waals surface area contributed by atoms with Crippen molar-refractivity contribution < 1.29 is 36.5 Å². The van der Waals surface area contributed by atoms with Crippen LogP contribution in [-0.2, 0) is 0 Å². The van der Waals surface area contributed by atoms with E-state index in [1.54, 1.807) is 0 Å². The molecular formula is C15H20ClF5N2O3. The molecule has 150 valence electrons. The Labute approximate surface area is 153 Å². The molecule has 11 heteroatoms. The van der Waals surface area contributed by atoms with Gasteiger partial charge in [-0.25, -0.2) is 8.78 Å². The Balaban J connectivity index is 0.00000338. The van der Waals surface area contributed by atoms with E-state index in [0.717, 1.165) is 18.2 Å². The largest absolute Gasteiger partial charge is 0.573 e. The summed E-state index contributed by atoms with van der Waals surface area (Å²) in [6, 6.07) is 1.44. The number of piperazine rings is 1. The second-order valence-corrected chi connectivity index (χ2v) is 5.56. The van der Waals surface area contributed by atoms with Crippen LogP contribution in [0.25, 0.3) is 0 Å². The molecule has 0 aromatic heterocycles. The number of benzene rings is 1. The van der Waals surface area contributed by atoms with Crippen LogP contribution in [0.3, 0.4) is 0 Å². The Morgan fingerprint density at radius 1 is 1.19 bits per heavy atom. The molecule has 0 aliphatic carbocycles. The third kappa shape index (κ3) is 5.57. The van der Waals surface area contributed by atoms with E-state index in [1.807, 2.05) is 0 Å². The number of halogens is 6. The third-order valence-corrected chi connectivity index (χ3v) is 3.86. The van der Waals surface area contributed by atoms with E-state index in [4.69, 9.17) is 9.84 Å². The van der Waals surface area contributed by atoms with Crippen molar-refractivity contribution in [3.8, 4) is 11.5 Å². The lowest BCUT2D eigenvalue weighted by atomic mass is 9.97. The second kappa shape index (κ2) is 9.03. The highest BCUT2D eigenvalue weighted by Gasteiger charge is 2.45. The molecule has 0 radical (unpaired) electrons. The first-order valence-electron chi connectivity index (χ1n) is 7.55. The monoisotopic (exact) mass is 406 g/mol. The number of aliphatic hydroxyl groups is 1. The van der Waals surface area contributed by atoms with Crippen molar-refractivity contribution in [2.75, 3.05) is 39.9 Å². The number of rotatable bonds is 6. The number of nitrogens with one attached hydrogen (secondary N) is 1. The minimum atomic E-state index is -4.90. The molecule has 1 saturated heterocycles. The molecular weight excluding hydrogens is 387 g/mol. The Morgan fingerprint density at radius 2 is 1.81 bits per heavy atom. The highest BCUT2D eigenvalue weighted by Crippen LogP contribution is 2.42. The first kappa shape index (κ1) is 22.7. The summed E-state index contributed by atoms with van der Waals surface area (Å²) < 4.78 is 74.6.